The van der Waals surface area contributed by atoms with Crippen LogP contribution >= 0.6 is 11.8 Å². The molecule has 0 aromatic heterocycles. The van der Waals surface area contributed by atoms with Crippen molar-refractivity contribution < 1.29 is 0 Å². The quantitative estimate of drug-likeness (QED) is 0.774. The Morgan fingerprint density at radius 2 is 2.12 bits per heavy atom. The van der Waals surface area contributed by atoms with Crippen LogP contribution in [0.2, 0.25) is 0 Å². The molecule has 0 spiro atoms. The van der Waals surface area contributed by atoms with Gasteiger partial charge < -0.3 is 5.32 Å². The molecule has 4 atom stereocenters. The fraction of sp³-hybridized carbons (Fsp3) is 0.929. The van der Waals surface area contributed by atoms with Crippen LogP contribution in [-0.2, 0) is 0 Å². The van der Waals surface area contributed by atoms with Gasteiger partial charge in [-0.25, -0.2) is 0 Å². The van der Waals surface area contributed by atoms with Crippen molar-refractivity contribution in [2.45, 2.75) is 59.0 Å². The number of thioether (sulfide) groups is 1. The molecular formula is C14H24N2S. The van der Waals surface area contributed by atoms with Crippen molar-refractivity contribution >= 4 is 16.9 Å². The third kappa shape index (κ3) is 1.73. The molecule has 2 bridgehead atoms. The summed E-state index contributed by atoms with van der Waals surface area (Å²) in [5.41, 5.74) is 0.864. The van der Waals surface area contributed by atoms with Crippen LogP contribution in [0, 0.1) is 16.7 Å². The van der Waals surface area contributed by atoms with Crippen molar-refractivity contribution in [3.63, 3.8) is 0 Å². The van der Waals surface area contributed by atoms with E-state index in [-0.39, 0.29) is 0 Å². The van der Waals surface area contributed by atoms with Gasteiger partial charge in [-0.1, -0.05) is 32.5 Å². The van der Waals surface area contributed by atoms with E-state index < -0.39 is 0 Å². The van der Waals surface area contributed by atoms with E-state index in [1.165, 1.54) is 30.2 Å². The maximum Gasteiger partial charge on any atom is 0.157 e. The first-order valence-electron chi connectivity index (χ1n) is 6.89. The first kappa shape index (κ1) is 11.9. The van der Waals surface area contributed by atoms with E-state index >= 15 is 0 Å². The standard InChI is InChI=1S/C14H24N2S/c1-9-8-17-12(15-9)16-11-13(2,3)10-5-6-14(11,4)7-10/h9-11H,5-8H2,1-4H3,(H,15,16). The van der Waals surface area contributed by atoms with E-state index in [0.29, 0.717) is 22.9 Å². The highest BCUT2D eigenvalue weighted by molar-refractivity contribution is 8.14. The highest BCUT2D eigenvalue weighted by Crippen LogP contribution is 2.63. The van der Waals surface area contributed by atoms with Gasteiger partial charge in [0.25, 0.3) is 0 Å². The van der Waals surface area contributed by atoms with Gasteiger partial charge in [0.05, 0.1) is 6.04 Å². The summed E-state index contributed by atoms with van der Waals surface area (Å²) in [7, 11) is 0. The second kappa shape index (κ2) is 3.66. The van der Waals surface area contributed by atoms with Crippen LogP contribution in [0.4, 0.5) is 0 Å². The van der Waals surface area contributed by atoms with Crippen molar-refractivity contribution in [1.82, 2.24) is 5.32 Å². The number of hydrogen-bond donors (Lipinski definition) is 1. The lowest BCUT2D eigenvalue weighted by molar-refractivity contribution is 0.142. The SMILES string of the molecule is CC1CSC(=NC2C3(C)CCC(C3)C2(C)C)N1. The predicted molar refractivity (Wildman–Crippen MR) is 75.5 cm³/mol. The second-order valence-electron chi connectivity index (χ2n) is 7.11. The predicted octanol–water partition coefficient (Wildman–Crippen LogP) is 3.28. The zero-order valence-electron chi connectivity index (χ0n) is 11.4. The molecule has 0 aromatic carbocycles. The summed E-state index contributed by atoms with van der Waals surface area (Å²) in [6, 6.07) is 1.11. The number of aliphatic imine (C=N–C) groups is 1. The molecule has 3 aliphatic rings. The largest absolute Gasteiger partial charge is 0.362 e. The average Bonchev–Trinajstić information content (AvgIpc) is 2.85. The van der Waals surface area contributed by atoms with Gasteiger partial charge in [-0.05, 0) is 42.9 Å². The number of nitrogens with zero attached hydrogens (tertiary/aromatic N) is 1. The smallest absolute Gasteiger partial charge is 0.157 e. The monoisotopic (exact) mass is 252 g/mol. The molecule has 96 valence electrons. The van der Waals surface area contributed by atoms with Gasteiger partial charge in [0.2, 0.25) is 0 Å². The molecule has 1 aliphatic heterocycles. The van der Waals surface area contributed by atoms with Gasteiger partial charge in [-0.3, -0.25) is 4.99 Å². The molecule has 17 heavy (non-hydrogen) atoms. The molecule has 2 nitrogen and oxygen atoms in total. The van der Waals surface area contributed by atoms with Crippen LogP contribution in [0.3, 0.4) is 0 Å². The fourth-order valence-corrected chi connectivity index (χ4v) is 5.24. The molecular weight excluding hydrogens is 228 g/mol. The molecule has 4 unspecified atom stereocenters. The maximum absolute atomic E-state index is 5.10. The van der Waals surface area contributed by atoms with E-state index in [2.05, 4.69) is 33.0 Å². The van der Waals surface area contributed by atoms with Crippen molar-refractivity contribution in [3.05, 3.63) is 0 Å². The zero-order valence-corrected chi connectivity index (χ0v) is 12.2. The Morgan fingerprint density at radius 3 is 2.65 bits per heavy atom. The van der Waals surface area contributed by atoms with Gasteiger partial charge >= 0.3 is 0 Å². The van der Waals surface area contributed by atoms with Gasteiger partial charge in [0.15, 0.2) is 5.17 Å². The highest BCUT2D eigenvalue weighted by Gasteiger charge is 2.59. The first-order valence-corrected chi connectivity index (χ1v) is 7.87. The van der Waals surface area contributed by atoms with Gasteiger partial charge in [-0.15, -0.1) is 0 Å². The van der Waals surface area contributed by atoms with E-state index in [9.17, 15) is 0 Å². The lowest BCUT2D eigenvalue weighted by Crippen LogP contribution is -2.40. The van der Waals surface area contributed by atoms with Crippen molar-refractivity contribution in [3.8, 4) is 0 Å². The molecule has 3 heteroatoms. The highest BCUT2D eigenvalue weighted by atomic mass is 32.2. The molecule has 1 N–H and O–H groups in total. The fourth-order valence-electron chi connectivity index (χ4n) is 4.29. The van der Waals surface area contributed by atoms with Crippen molar-refractivity contribution in [1.29, 1.82) is 0 Å². The summed E-state index contributed by atoms with van der Waals surface area (Å²) in [4.78, 5) is 5.10. The molecule has 0 radical (unpaired) electrons. The lowest BCUT2D eigenvalue weighted by Gasteiger charge is -2.40. The van der Waals surface area contributed by atoms with Gasteiger partial charge in [0, 0.05) is 11.8 Å². The molecule has 0 aromatic rings. The first-order chi connectivity index (χ1) is 7.92. The van der Waals surface area contributed by atoms with E-state index in [1.54, 1.807) is 0 Å². The van der Waals surface area contributed by atoms with Gasteiger partial charge in [-0.2, -0.15) is 0 Å². The summed E-state index contributed by atoms with van der Waals surface area (Å²) >= 11 is 1.90. The Balaban J connectivity index is 1.87. The third-order valence-electron chi connectivity index (χ3n) is 5.28. The second-order valence-corrected chi connectivity index (χ2v) is 8.12. The zero-order chi connectivity index (χ0) is 12.3. The average molecular weight is 252 g/mol. The lowest BCUT2D eigenvalue weighted by atomic mass is 9.69. The molecule has 1 saturated heterocycles. The van der Waals surface area contributed by atoms with E-state index in [4.69, 9.17) is 4.99 Å². The van der Waals surface area contributed by atoms with Crippen LogP contribution in [0.25, 0.3) is 0 Å². The Bertz CT molecular complexity index is 358. The number of hydrogen-bond acceptors (Lipinski definition) is 2. The maximum atomic E-state index is 5.10. The van der Waals surface area contributed by atoms with Crippen molar-refractivity contribution in [2.75, 3.05) is 5.75 Å². The Morgan fingerprint density at radius 1 is 1.35 bits per heavy atom. The number of nitrogens with one attached hydrogen (secondary N) is 1. The molecule has 3 fully saturated rings. The molecule has 1 heterocycles. The number of rotatable bonds is 1. The van der Waals surface area contributed by atoms with Gasteiger partial charge in [0.1, 0.15) is 0 Å². The van der Waals surface area contributed by atoms with Crippen LogP contribution in [0.5, 0.6) is 0 Å². The molecule has 2 aliphatic carbocycles. The van der Waals surface area contributed by atoms with Crippen molar-refractivity contribution in [2.24, 2.45) is 21.7 Å². The minimum atomic E-state index is 0.397. The minimum Gasteiger partial charge on any atom is -0.362 e. The Kier molecular flexibility index (Phi) is 2.56. The normalized spacial score (nSPS) is 49.9. The molecule has 3 rings (SSSR count). The van der Waals surface area contributed by atoms with E-state index in [1.807, 2.05) is 11.8 Å². The summed E-state index contributed by atoms with van der Waals surface area (Å²) < 4.78 is 0. The van der Waals surface area contributed by atoms with Crippen LogP contribution in [0.1, 0.15) is 47.0 Å². The summed E-state index contributed by atoms with van der Waals surface area (Å²) in [6.45, 7) is 9.56. The van der Waals surface area contributed by atoms with E-state index in [0.717, 1.165) is 5.92 Å². The number of fused-ring (bicyclic) bond motifs is 2. The Hall–Kier alpha value is -0.180. The minimum absolute atomic E-state index is 0.397. The molecule has 2 saturated carbocycles. The number of amidine groups is 1. The topological polar surface area (TPSA) is 24.4 Å². The summed E-state index contributed by atoms with van der Waals surface area (Å²) in [6.07, 6.45) is 4.19. The van der Waals surface area contributed by atoms with Crippen LogP contribution < -0.4 is 5.32 Å². The third-order valence-corrected chi connectivity index (χ3v) is 6.44. The van der Waals surface area contributed by atoms with Crippen LogP contribution in [0.15, 0.2) is 4.99 Å². The van der Waals surface area contributed by atoms with Crippen LogP contribution in [-0.4, -0.2) is 23.0 Å². The summed E-state index contributed by atoms with van der Waals surface area (Å²) in [5, 5.41) is 4.71. The summed E-state index contributed by atoms with van der Waals surface area (Å²) in [5.74, 6) is 2.07. The Labute approximate surface area is 109 Å². The molecule has 0 amide bonds.